The third-order valence-electron chi connectivity index (χ3n) is 2.12. The molecular formula is C10H22N2O3S. The van der Waals surface area contributed by atoms with Crippen LogP contribution in [0.4, 0.5) is 0 Å². The maximum atomic E-state index is 11.4. The standard InChI is InChI=1S/C10H22N2O3S/c1-4-6-8-12(16(3,14)15)9-10(13)11-7-5-2/h4-9H2,1-3H3,(H,11,13). The number of hydrogen-bond donors (Lipinski definition) is 1. The number of sulfonamides is 1. The van der Waals surface area contributed by atoms with Crippen molar-refractivity contribution in [3.05, 3.63) is 0 Å². The quantitative estimate of drug-likeness (QED) is 0.685. The molecule has 0 spiro atoms. The molecule has 1 N–H and O–H groups in total. The zero-order valence-corrected chi connectivity index (χ0v) is 11.1. The second-order valence-electron chi connectivity index (χ2n) is 3.80. The van der Waals surface area contributed by atoms with Gasteiger partial charge in [0.1, 0.15) is 0 Å². The average molecular weight is 250 g/mol. The largest absolute Gasteiger partial charge is 0.355 e. The molecule has 6 heteroatoms. The number of unbranched alkanes of at least 4 members (excludes halogenated alkanes) is 1. The van der Waals surface area contributed by atoms with Crippen molar-refractivity contribution in [3.8, 4) is 0 Å². The first-order valence-electron chi connectivity index (χ1n) is 5.63. The number of nitrogens with one attached hydrogen (secondary N) is 1. The highest BCUT2D eigenvalue weighted by atomic mass is 32.2. The minimum Gasteiger partial charge on any atom is -0.355 e. The van der Waals surface area contributed by atoms with E-state index in [2.05, 4.69) is 5.32 Å². The summed E-state index contributed by atoms with van der Waals surface area (Å²) in [6.45, 7) is 4.86. The van der Waals surface area contributed by atoms with Gasteiger partial charge in [-0.1, -0.05) is 20.3 Å². The summed E-state index contributed by atoms with van der Waals surface area (Å²) in [5, 5.41) is 2.67. The molecule has 0 aromatic rings. The van der Waals surface area contributed by atoms with Crippen LogP contribution in [0.5, 0.6) is 0 Å². The molecule has 0 saturated carbocycles. The molecule has 0 fully saturated rings. The van der Waals surface area contributed by atoms with E-state index in [1.165, 1.54) is 4.31 Å². The van der Waals surface area contributed by atoms with E-state index in [0.717, 1.165) is 25.5 Å². The number of amides is 1. The summed E-state index contributed by atoms with van der Waals surface area (Å²) in [5.74, 6) is -0.233. The van der Waals surface area contributed by atoms with E-state index in [1.807, 2.05) is 13.8 Å². The van der Waals surface area contributed by atoms with E-state index in [-0.39, 0.29) is 12.5 Å². The van der Waals surface area contributed by atoms with Crippen molar-refractivity contribution in [2.24, 2.45) is 0 Å². The van der Waals surface area contributed by atoms with Gasteiger partial charge in [0, 0.05) is 13.1 Å². The minimum atomic E-state index is -3.28. The molecular weight excluding hydrogens is 228 g/mol. The molecule has 0 bridgehead atoms. The molecule has 0 aromatic heterocycles. The molecule has 0 aliphatic rings. The lowest BCUT2D eigenvalue weighted by molar-refractivity contribution is -0.121. The van der Waals surface area contributed by atoms with Gasteiger partial charge in [-0.2, -0.15) is 4.31 Å². The Morgan fingerprint density at radius 2 is 1.88 bits per heavy atom. The van der Waals surface area contributed by atoms with Gasteiger partial charge in [-0.3, -0.25) is 4.79 Å². The molecule has 0 unspecified atom stereocenters. The Kier molecular flexibility index (Phi) is 7.33. The van der Waals surface area contributed by atoms with Crippen LogP contribution in [-0.2, 0) is 14.8 Å². The summed E-state index contributed by atoms with van der Waals surface area (Å²) < 4.78 is 24.0. The third-order valence-corrected chi connectivity index (χ3v) is 3.37. The van der Waals surface area contributed by atoms with Crippen LogP contribution in [0.2, 0.25) is 0 Å². The van der Waals surface area contributed by atoms with Gasteiger partial charge >= 0.3 is 0 Å². The van der Waals surface area contributed by atoms with Crippen LogP contribution in [0.3, 0.4) is 0 Å². The summed E-state index contributed by atoms with van der Waals surface area (Å²) >= 11 is 0. The second kappa shape index (κ2) is 7.62. The van der Waals surface area contributed by atoms with Crippen LogP contribution in [0, 0.1) is 0 Å². The summed E-state index contributed by atoms with van der Waals surface area (Å²) in [6, 6.07) is 0. The van der Waals surface area contributed by atoms with Gasteiger partial charge in [0.2, 0.25) is 15.9 Å². The molecule has 96 valence electrons. The maximum absolute atomic E-state index is 11.4. The smallest absolute Gasteiger partial charge is 0.235 e. The average Bonchev–Trinajstić information content (AvgIpc) is 2.19. The van der Waals surface area contributed by atoms with Crippen LogP contribution in [0.1, 0.15) is 33.1 Å². The number of rotatable bonds is 8. The Bertz CT molecular complexity index is 301. The van der Waals surface area contributed by atoms with E-state index < -0.39 is 10.0 Å². The molecule has 0 saturated heterocycles. The fourth-order valence-electron chi connectivity index (χ4n) is 1.18. The molecule has 0 radical (unpaired) electrons. The van der Waals surface area contributed by atoms with Crippen molar-refractivity contribution in [1.29, 1.82) is 0 Å². The summed E-state index contributed by atoms with van der Waals surface area (Å²) in [6.07, 6.45) is 3.66. The van der Waals surface area contributed by atoms with Gasteiger partial charge in [-0.25, -0.2) is 8.42 Å². The van der Waals surface area contributed by atoms with Crippen molar-refractivity contribution in [1.82, 2.24) is 9.62 Å². The Morgan fingerprint density at radius 1 is 1.25 bits per heavy atom. The summed E-state index contributed by atoms with van der Waals surface area (Å²) in [5.41, 5.74) is 0. The lowest BCUT2D eigenvalue weighted by atomic mass is 10.3. The molecule has 16 heavy (non-hydrogen) atoms. The first-order chi connectivity index (χ1) is 7.41. The Morgan fingerprint density at radius 3 is 2.31 bits per heavy atom. The maximum Gasteiger partial charge on any atom is 0.235 e. The zero-order chi connectivity index (χ0) is 12.6. The lowest BCUT2D eigenvalue weighted by Gasteiger charge is -2.18. The highest BCUT2D eigenvalue weighted by molar-refractivity contribution is 7.88. The van der Waals surface area contributed by atoms with Gasteiger partial charge in [0.25, 0.3) is 0 Å². The van der Waals surface area contributed by atoms with Crippen LogP contribution < -0.4 is 5.32 Å². The van der Waals surface area contributed by atoms with Crippen LogP contribution in [0.25, 0.3) is 0 Å². The van der Waals surface area contributed by atoms with E-state index in [1.54, 1.807) is 0 Å². The van der Waals surface area contributed by atoms with Crippen molar-refractivity contribution in [2.75, 3.05) is 25.9 Å². The SMILES string of the molecule is CCCCN(CC(=O)NCCC)S(C)(=O)=O. The van der Waals surface area contributed by atoms with Crippen molar-refractivity contribution < 1.29 is 13.2 Å². The van der Waals surface area contributed by atoms with Gasteiger partial charge in [-0.05, 0) is 12.8 Å². The fraction of sp³-hybridized carbons (Fsp3) is 0.900. The van der Waals surface area contributed by atoms with Crippen molar-refractivity contribution in [2.45, 2.75) is 33.1 Å². The molecule has 0 atom stereocenters. The summed E-state index contributed by atoms with van der Waals surface area (Å²) in [7, 11) is -3.28. The second-order valence-corrected chi connectivity index (χ2v) is 5.78. The Balaban J connectivity index is 4.26. The zero-order valence-electron chi connectivity index (χ0n) is 10.3. The molecule has 0 heterocycles. The first-order valence-corrected chi connectivity index (χ1v) is 7.48. The first kappa shape index (κ1) is 15.4. The lowest BCUT2D eigenvalue weighted by Crippen LogP contribution is -2.40. The van der Waals surface area contributed by atoms with Gasteiger partial charge in [0.05, 0.1) is 12.8 Å². The normalized spacial score (nSPS) is 11.8. The summed E-state index contributed by atoms with van der Waals surface area (Å²) in [4.78, 5) is 11.4. The van der Waals surface area contributed by atoms with Crippen molar-refractivity contribution in [3.63, 3.8) is 0 Å². The number of carbonyl (C=O) groups is 1. The van der Waals surface area contributed by atoms with E-state index >= 15 is 0 Å². The van der Waals surface area contributed by atoms with E-state index in [4.69, 9.17) is 0 Å². The molecule has 0 aliphatic heterocycles. The van der Waals surface area contributed by atoms with Gasteiger partial charge in [-0.15, -0.1) is 0 Å². The highest BCUT2D eigenvalue weighted by Gasteiger charge is 2.18. The Hall–Kier alpha value is -0.620. The van der Waals surface area contributed by atoms with Crippen LogP contribution >= 0.6 is 0 Å². The predicted octanol–water partition coefficient (Wildman–Crippen LogP) is 0.574. The van der Waals surface area contributed by atoms with E-state index in [0.29, 0.717) is 13.1 Å². The van der Waals surface area contributed by atoms with Crippen LogP contribution in [-0.4, -0.2) is 44.5 Å². The number of hydrogen-bond acceptors (Lipinski definition) is 3. The third kappa shape index (κ3) is 6.79. The van der Waals surface area contributed by atoms with Crippen molar-refractivity contribution >= 4 is 15.9 Å². The molecule has 1 amide bonds. The van der Waals surface area contributed by atoms with Crippen LogP contribution in [0.15, 0.2) is 0 Å². The molecule has 0 rings (SSSR count). The minimum absolute atomic E-state index is 0.0706. The number of carbonyl (C=O) groups excluding carboxylic acids is 1. The fourth-order valence-corrected chi connectivity index (χ4v) is 1.99. The van der Waals surface area contributed by atoms with Gasteiger partial charge in [0.15, 0.2) is 0 Å². The Labute approximate surface area is 98.3 Å². The highest BCUT2D eigenvalue weighted by Crippen LogP contribution is 2.01. The topological polar surface area (TPSA) is 66.5 Å². The molecule has 0 aliphatic carbocycles. The number of nitrogens with zero attached hydrogens (tertiary/aromatic N) is 1. The molecule has 5 nitrogen and oxygen atoms in total. The molecule has 0 aromatic carbocycles. The monoisotopic (exact) mass is 250 g/mol. The van der Waals surface area contributed by atoms with E-state index in [9.17, 15) is 13.2 Å². The van der Waals surface area contributed by atoms with Gasteiger partial charge < -0.3 is 5.32 Å². The predicted molar refractivity (Wildman–Crippen MR) is 64.6 cm³/mol.